The average molecular weight is 399 g/mol. The number of anilines is 1. The number of phenols is 1. The molecule has 0 atom stereocenters. The van der Waals surface area contributed by atoms with Crippen LogP contribution in [-0.4, -0.2) is 16.0 Å². The molecule has 2 aromatic carbocycles. The van der Waals surface area contributed by atoms with Crippen LogP contribution in [0.5, 0.6) is 5.75 Å². The van der Waals surface area contributed by atoms with E-state index in [-0.39, 0.29) is 18.2 Å². The van der Waals surface area contributed by atoms with Gasteiger partial charge in [-0.1, -0.05) is 47.5 Å². The van der Waals surface area contributed by atoms with Gasteiger partial charge in [-0.3, -0.25) is 14.7 Å². The molecule has 27 heavy (non-hydrogen) atoms. The number of hydrogen-bond acceptors (Lipinski definition) is 3. The molecule has 0 saturated carbocycles. The van der Waals surface area contributed by atoms with Gasteiger partial charge in [-0.05, 0) is 48.0 Å². The Balaban J connectivity index is 1.89. The second-order valence-electron chi connectivity index (χ2n) is 5.74. The quantitative estimate of drug-likeness (QED) is 0.590. The first-order chi connectivity index (χ1) is 13.0. The lowest BCUT2D eigenvalue weighted by atomic mass is 10.2. The van der Waals surface area contributed by atoms with Gasteiger partial charge in [0.25, 0.3) is 5.91 Å². The van der Waals surface area contributed by atoms with Crippen molar-refractivity contribution >= 4 is 40.9 Å². The minimum atomic E-state index is -0.298. The first-order valence-electron chi connectivity index (χ1n) is 8.17. The molecule has 3 rings (SSSR count). The van der Waals surface area contributed by atoms with Gasteiger partial charge in [-0.15, -0.1) is 0 Å². The first kappa shape index (κ1) is 19.0. The fraction of sp³-hybridized carbons (Fsp3) is 0.0476. The zero-order chi connectivity index (χ0) is 19.2. The third kappa shape index (κ3) is 4.88. The summed E-state index contributed by atoms with van der Waals surface area (Å²) in [5, 5.41) is 11.1. The molecule has 6 heteroatoms. The Morgan fingerprint density at radius 2 is 1.81 bits per heavy atom. The molecule has 0 aliphatic heterocycles. The number of rotatable bonds is 5. The zero-order valence-corrected chi connectivity index (χ0v) is 15.7. The summed E-state index contributed by atoms with van der Waals surface area (Å²) >= 11 is 11.9. The second-order valence-corrected chi connectivity index (χ2v) is 6.56. The average Bonchev–Trinajstić information content (AvgIpc) is 2.68. The molecule has 0 unspecified atom stereocenters. The van der Waals surface area contributed by atoms with Crippen LogP contribution in [-0.2, 0) is 11.3 Å². The lowest BCUT2D eigenvalue weighted by Gasteiger charge is -2.22. The predicted molar refractivity (Wildman–Crippen MR) is 109 cm³/mol. The van der Waals surface area contributed by atoms with E-state index in [1.807, 2.05) is 12.1 Å². The summed E-state index contributed by atoms with van der Waals surface area (Å²) in [7, 11) is 0. The molecule has 136 valence electrons. The number of carbonyl (C=O) groups excluding carboxylic acids is 1. The van der Waals surface area contributed by atoms with Crippen LogP contribution >= 0.6 is 23.2 Å². The number of aromatic nitrogens is 1. The smallest absolute Gasteiger partial charge is 0.251 e. The standard InChI is InChI=1S/C21H16Cl2N2O2/c22-17-10-8-15(13-18(17)23)9-11-21(27)25(14-16-5-3-4-12-24-16)19-6-1-2-7-20(19)26/h1-13,26H,14H2/b11-9+. The van der Waals surface area contributed by atoms with Crippen LogP contribution in [0.3, 0.4) is 0 Å². The van der Waals surface area contributed by atoms with Gasteiger partial charge in [0.2, 0.25) is 0 Å². The van der Waals surface area contributed by atoms with Crippen molar-refractivity contribution < 1.29 is 9.90 Å². The van der Waals surface area contributed by atoms with Crippen LogP contribution in [0.25, 0.3) is 6.08 Å². The Morgan fingerprint density at radius 1 is 1.04 bits per heavy atom. The molecular formula is C21H16Cl2N2O2. The molecule has 0 saturated heterocycles. The Morgan fingerprint density at radius 3 is 2.52 bits per heavy atom. The maximum Gasteiger partial charge on any atom is 0.251 e. The van der Waals surface area contributed by atoms with Crippen LogP contribution in [0.1, 0.15) is 11.3 Å². The Bertz CT molecular complexity index is 975. The number of amides is 1. The second kappa shape index (κ2) is 8.71. The summed E-state index contributed by atoms with van der Waals surface area (Å²) in [6.45, 7) is 0.225. The summed E-state index contributed by atoms with van der Waals surface area (Å²) in [5.41, 5.74) is 1.86. The highest BCUT2D eigenvalue weighted by Crippen LogP contribution is 2.28. The number of hydrogen-bond donors (Lipinski definition) is 1. The van der Waals surface area contributed by atoms with Gasteiger partial charge < -0.3 is 5.11 Å². The molecule has 0 fully saturated rings. The fourth-order valence-corrected chi connectivity index (χ4v) is 2.81. The molecule has 4 nitrogen and oxygen atoms in total. The number of para-hydroxylation sites is 2. The zero-order valence-electron chi connectivity index (χ0n) is 14.2. The number of phenolic OH excluding ortho intramolecular Hbond substituents is 1. The van der Waals surface area contributed by atoms with Crippen LogP contribution in [0.15, 0.2) is 72.9 Å². The van der Waals surface area contributed by atoms with E-state index >= 15 is 0 Å². The van der Waals surface area contributed by atoms with Gasteiger partial charge in [0.15, 0.2) is 0 Å². The number of carbonyl (C=O) groups is 1. The van der Waals surface area contributed by atoms with Crippen LogP contribution in [0.2, 0.25) is 10.0 Å². The topological polar surface area (TPSA) is 53.4 Å². The van der Waals surface area contributed by atoms with E-state index in [0.29, 0.717) is 21.4 Å². The van der Waals surface area contributed by atoms with Crippen LogP contribution in [0, 0.1) is 0 Å². The molecular weight excluding hydrogens is 383 g/mol. The Labute approximate surface area is 167 Å². The van der Waals surface area contributed by atoms with Crippen molar-refractivity contribution in [1.29, 1.82) is 0 Å². The highest BCUT2D eigenvalue weighted by Gasteiger charge is 2.17. The fourth-order valence-electron chi connectivity index (χ4n) is 2.50. The summed E-state index contributed by atoms with van der Waals surface area (Å²) in [5.74, 6) is -0.280. The highest BCUT2D eigenvalue weighted by atomic mass is 35.5. The van der Waals surface area contributed by atoms with E-state index in [9.17, 15) is 9.90 Å². The lowest BCUT2D eigenvalue weighted by Crippen LogP contribution is -2.29. The minimum absolute atomic E-state index is 0.0183. The third-order valence-electron chi connectivity index (χ3n) is 3.85. The van der Waals surface area contributed by atoms with E-state index in [1.165, 1.54) is 17.0 Å². The number of nitrogens with zero attached hydrogens (tertiary/aromatic N) is 2. The first-order valence-corrected chi connectivity index (χ1v) is 8.93. The van der Waals surface area contributed by atoms with E-state index in [1.54, 1.807) is 54.7 Å². The van der Waals surface area contributed by atoms with E-state index < -0.39 is 0 Å². The molecule has 0 spiro atoms. The summed E-state index contributed by atoms with van der Waals surface area (Å²) in [6, 6.07) is 17.3. The summed E-state index contributed by atoms with van der Waals surface area (Å²) < 4.78 is 0. The number of benzene rings is 2. The highest BCUT2D eigenvalue weighted by molar-refractivity contribution is 6.42. The van der Waals surface area contributed by atoms with E-state index in [0.717, 1.165) is 5.56 Å². The summed E-state index contributed by atoms with van der Waals surface area (Å²) in [4.78, 5) is 18.6. The normalized spacial score (nSPS) is 10.9. The van der Waals surface area contributed by atoms with E-state index in [4.69, 9.17) is 23.2 Å². The minimum Gasteiger partial charge on any atom is -0.506 e. The van der Waals surface area contributed by atoms with Crippen molar-refractivity contribution in [2.45, 2.75) is 6.54 Å². The van der Waals surface area contributed by atoms with Gasteiger partial charge in [0.1, 0.15) is 5.75 Å². The van der Waals surface area contributed by atoms with Crippen molar-refractivity contribution in [3.8, 4) is 5.75 Å². The van der Waals surface area contributed by atoms with Gasteiger partial charge >= 0.3 is 0 Å². The van der Waals surface area contributed by atoms with Crippen LogP contribution in [0.4, 0.5) is 5.69 Å². The summed E-state index contributed by atoms with van der Waals surface area (Å²) in [6.07, 6.45) is 4.74. The van der Waals surface area contributed by atoms with E-state index in [2.05, 4.69) is 4.98 Å². The predicted octanol–water partition coefficient (Wildman–Crippen LogP) is 5.34. The van der Waals surface area contributed by atoms with Gasteiger partial charge in [0, 0.05) is 12.3 Å². The van der Waals surface area contributed by atoms with Gasteiger partial charge in [-0.25, -0.2) is 0 Å². The largest absolute Gasteiger partial charge is 0.506 e. The Hall–Kier alpha value is -2.82. The van der Waals surface area contributed by atoms with Crippen molar-refractivity contribution in [1.82, 2.24) is 4.98 Å². The molecule has 1 aromatic heterocycles. The van der Waals surface area contributed by atoms with Crippen molar-refractivity contribution in [2.75, 3.05) is 4.90 Å². The molecule has 0 aliphatic carbocycles. The molecule has 1 N–H and O–H groups in total. The van der Waals surface area contributed by atoms with Crippen molar-refractivity contribution in [3.05, 3.63) is 94.2 Å². The molecule has 3 aromatic rings. The molecule has 1 amide bonds. The maximum atomic E-state index is 12.9. The molecule has 0 bridgehead atoms. The Kier molecular flexibility index (Phi) is 6.12. The maximum absolute atomic E-state index is 12.9. The molecule has 0 radical (unpaired) electrons. The number of halogens is 2. The third-order valence-corrected chi connectivity index (χ3v) is 4.59. The monoisotopic (exact) mass is 398 g/mol. The molecule has 0 aliphatic rings. The number of aromatic hydroxyl groups is 1. The van der Waals surface area contributed by atoms with Crippen molar-refractivity contribution in [2.24, 2.45) is 0 Å². The lowest BCUT2D eigenvalue weighted by molar-refractivity contribution is -0.114. The molecule has 1 heterocycles. The van der Waals surface area contributed by atoms with Gasteiger partial charge in [-0.2, -0.15) is 0 Å². The number of pyridine rings is 1. The SMILES string of the molecule is O=C(/C=C/c1ccc(Cl)c(Cl)c1)N(Cc1ccccn1)c1ccccc1O. The van der Waals surface area contributed by atoms with Crippen LogP contribution < -0.4 is 4.90 Å². The van der Waals surface area contributed by atoms with Gasteiger partial charge in [0.05, 0.1) is 28.0 Å². The van der Waals surface area contributed by atoms with Crippen molar-refractivity contribution in [3.63, 3.8) is 0 Å².